The van der Waals surface area contributed by atoms with Crippen LogP contribution in [0.5, 0.6) is 5.75 Å². The normalized spacial score (nSPS) is 17.3. The third-order valence-corrected chi connectivity index (χ3v) is 5.41. The van der Waals surface area contributed by atoms with Crippen LogP contribution in [0, 0.1) is 11.8 Å². The highest BCUT2D eigenvalue weighted by atomic mass is 35.5. The summed E-state index contributed by atoms with van der Waals surface area (Å²) in [5.41, 5.74) is 2.04. The van der Waals surface area contributed by atoms with Crippen molar-refractivity contribution in [3.05, 3.63) is 59.4 Å². The van der Waals surface area contributed by atoms with Crippen molar-refractivity contribution in [3.8, 4) is 5.75 Å². The minimum atomic E-state index is 0.672. The first-order valence-electron chi connectivity index (χ1n) is 12.1. The second kappa shape index (κ2) is 15.8. The zero-order chi connectivity index (χ0) is 23.1. The van der Waals surface area contributed by atoms with Crippen molar-refractivity contribution >= 4 is 22.6 Å². The van der Waals surface area contributed by atoms with Crippen LogP contribution in [-0.4, -0.2) is 16.6 Å². The minimum absolute atomic E-state index is 0.672. The standard InChI is InChI=1S/C21H23ClN2O.3C2H6/c22-17-10-11-19-20(13-17)24-21(23-19)12-15-6-8-16(9-7-15)14-25-18-4-2-1-3-5-18;3*1-2/h1-5,10-11,13,15-16H,6-9,12,14H2,(H,23,24);3*1-2H3. The molecule has 4 rings (SSSR count). The molecule has 4 heteroatoms. The molecule has 0 atom stereocenters. The lowest BCUT2D eigenvalue weighted by atomic mass is 9.81. The van der Waals surface area contributed by atoms with Gasteiger partial charge in [-0.2, -0.15) is 0 Å². The molecule has 1 N–H and O–H groups in total. The molecular formula is C27H41ClN2O. The molecule has 172 valence electrons. The van der Waals surface area contributed by atoms with E-state index in [1.807, 2.05) is 90.1 Å². The lowest BCUT2D eigenvalue weighted by molar-refractivity contribution is 0.182. The largest absolute Gasteiger partial charge is 0.493 e. The van der Waals surface area contributed by atoms with Crippen LogP contribution in [0.15, 0.2) is 48.5 Å². The van der Waals surface area contributed by atoms with Crippen molar-refractivity contribution in [2.45, 2.75) is 73.6 Å². The quantitative estimate of drug-likeness (QED) is 0.427. The molecule has 1 aliphatic rings. The molecule has 0 spiro atoms. The SMILES string of the molecule is CC.CC.CC.Clc1ccc2nc(CC3CCC(COc4ccccc4)CC3)[nH]c2c1. The summed E-state index contributed by atoms with van der Waals surface area (Å²) < 4.78 is 5.92. The van der Waals surface area contributed by atoms with E-state index in [-0.39, 0.29) is 0 Å². The molecule has 2 aromatic carbocycles. The van der Waals surface area contributed by atoms with E-state index in [2.05, 4.69) is 4.98 Å². The molecule has 0 bridgehead atoms. The highest BCUT2D eigenvalue weighted by molar-refractivity contribution is 6.31. The van der Waals surface area contributed by atoms with Crippen LogP contribution in [0.25, 0.3) is 11.0 Å². The topological polar surface area (TPSA) is 37.9 Å². The molecule has 0 saturated heterocycles. The fourth-order valence-electron chi connectivity index (χ4n) is 3.74. The van der Waals surface area contributed by atoms with Crippen LogP contribution in [0.3, 0.4) is 0 Å². The fourth-order valence-corrected chi connectivity index (χ4v) is 3.91. The van der Waals surface area contributed by atoms with Crippen LogP contribution in [0.4, 0.5) is 0 Å². The van der Waals surface area contributed by atoms with Gasteiger partial charge in [-0.1, -0.05) is 71.3 Å². The van der Waals surface area contributed by atoms with Crippen molar-refractivity contribution in [2.75, 3.05) is 6.61 Å². The molecular weight excluding hydrogens is 404 g/mol. The number of ether oxygens (including phenoxy) is 1. The van der Waals surface area contributed by atoms with Crippen LogP contribution < -0.4 is 4.74 Å². The number of para-hydroxylation sites is 1. The summed E-state index contributed by atoms with van der Waals surface area (Å²) in [7, 11) is 0. The van der Waals surface area contributed by atoms with E-state index in [1.54, 1.807) is 0 Å². The number of rotatable bonds is 5. The Hall–Kier alpha value is -2.00. The second-order valence-electron chi connectivity index (χ2n) is 7.06. The Morgan fingerprint density at radius 1 is 0.871 bits per heavy atom. The van der Waals surface area contributed by atoms with E-state index in [9.17, 15) is 0 Å². The molecule has 1 saturated carbocycles. The van der Waals surface area contributed by atoms with Crippen molar-refractivity contribution in [1.29, 1.82) is 0 Å². The van der Waals surface area contributed by atoms with E-state index < -0.39 is 0 Å². The highest BCUT2D eigenvalue weighted by Crippen LogP contribution is 2.31. The first kappa shape index (κ1) is 27.0. The van der Waals surface area contributed by atoms with Crippen molar-refractivity contribution in [1.82, 2.24) is 9.97 Å². The summed E-state index contributed by atoms with van der Waals surface area (Å²) >= 11 is 6.05. The molecule has 1 heterocycles. The summed E-state index contributed by atoms with van der Waals surface area (Å²) in [5.74, 6) is 3.45. The van der Waals surface area contributed by atoms with Crippen LogP contribution in [0.2, 0.25) is 5.02 Å². The number of benzene rings is 2. The van der Waals surface area contributed by atoms with Crippen molar-refractivity contribution in [3.63, 3.8) is 0 Å². The van der Waals surface area contributed by atoms with Gasteiger partial charge in [0.15, 0.2) is 0 Å². The monoisotopic (exact) mass is 444 g/mol. The Balaban J connectivity index is 0.000000739. The second-order valence-corrected chi connectivity index (χ2v) is 7.50. The van der Waals surface area contributed by atoms with E-state index in [1.165, 1.54) is 25.7 Å². The van der Waals surface area contributed by atoms with Gasteiger partial charge >= 0.3 is 0 Å². The third kappa shape index (κ3) is 8.95. The molecule has 1 fully saturated rings. The predicted molar refractivity (Wildman–Crippen MR) is 136 cm³/mol. The van der Waals surface area contributed by atoms with E-state index >= 15 is 0 Å². The number of aromatic amines is 1. The highest BCUT2D eigenvalue weighted by Gasteiger charge is 2.22. The predicted octanol–water partition coefficient (Wildman–Crippen LogP) is 8.72. The zero-order valence-corrected chi connectivity index (χ0v) is 21.0. The Labute approximate surface area is 194 Å². The van der Waals surface area contributed by atoms with Crippen LogP contribution in [-0.2, 0) is 6.42 Å². The maximum atomic E-state index is 6.05. The van der Waals surface area contributed by atoms with Crippen molar-refractivity contribution < 1.29 is 4.74 Å². The summed E-state index contributed by atoms with van der Waals surface area (Å²) in [6.07, 6.45) is 6.01. The van der Waals surface area contributed by atoms with Crippen LogP contribution >= 0.6 is 11.6 Å². The number of hydrogen-bond donors (Lipinski definition) is 1. The van der Waals surface area contributed by atoms with E-state index in [4.69, 9.17) is 21.3 Å². The van der Waals surface area contributed by atoms with Crippen molar-refractivity contribution in [2.24, 2.45) is 11.8 Å². The van der Waals surface area contributed by atoms with Gasteiger partial charge in [0, 0.05) is 11.4 Å². The Morgan fingerprint density at radius 3 is 2.13 bits per heavy atom. The van der Waals surface area contributed by atoms with Gasteiger partial charge in [-0.3, -0.25) is 0 Å². The summed E-state index contributed by atoms with van der Waals surface area (Å²) in [4.78, 5) is 8.13. The molecule has 0 unspecified atom stereocenters. The molecule has 0 radical (unpaired) electrons. The van der Waals surface area contributed by atoms with Crippen LogP contribution in [0.1, 0.15) is 73.1 Å². The number of nitrogens with one attached hydrogen (secondary N) is 1. The van der Waals surface area contributed by atoms with Gasteiger partial charge in [-0.05, 0) is 67.9 Å². The Kier molecular flexibility index (Phi) is 13.7. The first-order valence-corrected chi connectivity index (χ1v) is 12.5. The molecule has 1 aliphatic carbocycles. The number of aromatic nitrogens is 2. The molecule has 0 amide bonds. The number of hydrogen-bond acceptors (Lipinski definition) is 2. The number of fused-ring (bicyclic) bond motifs is 1. The average molecular weight is 445 g/mol. The van der Waals surface area contributed by atoms with Gasteiger partial charge < -0.3 is 9.72 Å². The smallest absolute Gasteiger partial charge is 0.119 e. The number of H-pyrrole nitrogens is 1. The molecule has 1 aromatic heterocycles. The number of nitrogens with zero attached hydrogens (tertiary/aromatic N) is 1. The lowest BCUT2D eigenvalue weighted by Crippen LogP contribution is -2.21. The molecule has 3 aromatic rings. The fraction of sp³-hybridized carbons (Fsp3) is 0.519. The Morgan fingerprint density at radius 2 is 1.48 bits per heavy atom. The third-order valence-electron chi connectivity index (χ3n) is 5.17. The van der Waals surface area contributed by atoms with Gasteiger partial charge in [0.2, 0.25) is 0 Å². The Bertz CT molecular complexity index is 824. The first-order chi connectivity index (χ1) is 15.3. The number of imidazole rings is 1. The van der Waals surface area contributed by atoms with Gasteiger partial charge in [0.05, 0.1) is 17.6 Å². The number of halogens is 1. The maximum Gasteiger partial charge on any atom is 0.119 e. The average Bonchev–Trinajstić information content (AvgIpc) is 3.24. The van der Waals surface area contributed by atoms with E-state index in [0.717, 1.165) is 40.7 Å². The molecule has 31 heavy (non-hydrogen) atoms. The molecule has 3 nitrogen and oxygen atoms in total. The minimum Gasteiger partial charge on any atom is -0.493 e. The summed E-state index contributed by atoms with van der Waals surface area (Å²) in [6.45, 7) is 12.8. The molecule has 0 aliphatic heterocycles. The zero-order valence-electron chi connectivity index (χ0n) is 20.2. The summed E-state index contributed by atoms with van der Waals surface area (Å²) in [5, 5.41) is 0.752. The maximum absolute atomic E-state index is 6.05. The van der Waals surface area contributed by atoms with Gasteiger partial charge in [-0.15, -0.1) is 0 Å². The van der Waals surface area contributed by atoms with Gasteiger partial charge in [0.25, 0.3) is 0 Å². The van der Waals surface area contributed by atoms with Gasteiger partial charge in [0.1, 0.15) is 11.6 Å². The lowest BCUT2D eigenvalue weighted by Gasteiger charge is -2.28. The van der Waals surface area contributed by atoms with E-state index in [0.29, 0.717) is 11.8 Å². The summed E-state index contributed by atoms with van der Waals surface area (Å²) in [6, 6.07) is 15.9. The van der Waals surface area contributed by atoms with Gasteiger partial charge in [-0.25, -0.2) is 4.98 Å².